The van der Waals surface area contributed by atoms with Crippen LogP contribution in [0.3, 0.4) is 0 Å². The lowest BCUT2D eigenvalue weighted by molar-refractivity contribution is 0.0384. The smallest absolute Gasteiger partial charge is 0.319 e. The van der Waals surface area contributed by atoms with Crippen molar-refractivity contribution in [3.05, 3.63) is 367 Å². The third kappa shape index (κ3) is 30.3. The molecule has 12 N–H and O–H groups in total. The Hall–Kier alpha value is -16.5. The van der Waals surface area contributed by atoms with Crippen LogP contribution in [0.5, 0.6) is 46.0 Å². The molecule has 2 saturated heterocycles. The molecule has 0 saturated carbocycles. The number of fused-ring (bicyclic) bond motifs is 3. The molecule has 0 radical (unpaired) electrons. The second-order valence-electron chi connectivity index (χ2n) is 37.4. The number of anilines is 6. The van der Waals surface area contributed by atoms with Gasteiger partial charge in [-0.1, -0.05) is 67.1 Å². The molecule has 2 aliphatic heterocycles. The summed E-state index contributed by atoms with van der Waals surface area (Å²) in [6.45, 7) is 27.1. The fourth-order valence-corrected chi connectivity index (χ4v) is 17.6. The number of rotatable bonds is 39. The summed E-state index contributed by atoms with van der Waals surface area (Å²) in [5.74, 6) is 4.68. The molecule has 29 nitrogen and oxygen atoms in total. The molecular weight excluding hydrogens is 1870 g/mol. The topological polar surface area (TPSA) is 323 Å². The first kappa shape index (κ1) is 105. The first-order valence-electron chi connectivity index (χ1n) is 50.9. The second-order valence-corrected chi connectivity index (χ2v) is 37.4. The van der Waals surface area contributed by atoms with Crippen LogP contribution in [-0.2, 0) is 30.8 Å². The lowest BCUT2D eigenvalue weighted by Crippen LogP contribution is -2.40. The number of hydrogen-bond acceptors (Lipinski definition) is 17. The number of methoxy groups -OCH3 is 1. The Labute approximate surface area is 869 Å². The Morgan fingerprint density at radius 2 is 0.631 bits per heavy atom. The number of carbonyl (C=O) groups is 6. The number of benzene rings is 13. The van der Waals surface area contributed by atoms with Crippen LogP contribution < -0.4 is 87.5 Å². The van der Waals surface area contributed by atoms with Gasteiger partial charge in [-0.05, 0) is 358 Å². The Morgan fingerprint density at radius 3 is 0.940 bits per heavy atom. The molecule has 13 aromatic carbocycles. The van der Waals surface area contributed by atoms with E-state index in [1.165, 1.54) is 70.8 Å². The van der Waals surface area contributed by atoms with Gasteiger partial charge < -0.3 is 111 Å². The molecule has 0 atom stereocenters. The van der Waals surface area contributed by atoms with Gasteiger partial charge in [0.05, 0.1) is 43.5 Å². The molecule has 3 aromatic heterocycles. The van der Waals surface area contributed by atoms with Crippen molar-refractivity contribution in [2.75, 3.05) is 118 Å². The van der Waals surface area contributed by atoms with Gasteiger partial charge in [0.25, 0.3) is 17.7 Å². The van der Waals surface area contributed by atoms with Gasteiger partial charge in [-0.15, -0.1) is 0 Å². The number of nitrogens with one attached hydrogen (secondary N) is 12. The van der Waals surface area contributed by atoms with Crippen LogP contribution in [0.15, 0.2) is 328 Å². The van der Waals surface area contributed by atoms with Crippen molar-refractivity contribution in [2.45, 2.75) is 112 Å². The lowest BCUT2D eigenvalue weighted by Gasteiger charge is -2.26. The third-order valence-electron chi connectivity index (χ3n) is 25.1. The van der Waals surface area contributed by atoms with E-state index in [9.17, 15) is 28.8 Å². The van der Waals surface area contributed by atoms with Crippen molar-refractivity contribution < 1.29 is 57.2 Å². The van der Waals surface area contributed by atoms with E-state index in [1.807, 2.05) is 152 Å². The van der Waals surface area contributed by atoms with Crippen LogP contribution in [0.4, 0.5) is 48.5 Å². The number of carbonyl (C=O) groups excluding carboxylic acids is 6. The number of amides is 9. The van der Waals surface area contributed by atoms with Gasteiger partial charge in [-0.2, -0.15) is 0 Å². The summed E-state index contributed by atoms with van der Waals surface area (Å²) in [7, 11) is 1.66. The summed E-state index contributed by atoms with van der Waals surface area (Å²) in [6.07, 6.45) is 11.4. The van der Waals surface area contributed by atoms with Crippen molar-refractivity contribution >= 4 is 103 Å². The van der Waals surface area contributed by atoms with Crippen molar-refractivity contribution in [1.82, 2.24) is 55.4 Å². The van der Waals surface area contributed by atoms with E-state index in [4.69, 9.17) is 28.4 Å². The average Bonchev–Trinajstić information content (AvgIpc) is 1.64. The highest BCUT2D eigenvalue weighted by molar-refractivity contribution is 6.06. The van der Waals surface area contributed by atoms with Crippen molar-refractivity contribution in [2.24, 2.45) is 0 Å². The zero-order valence-corrected chi connectivity index (χ0v) is 85.5. The number of hydrogen-bond donors (Lipinski definition) is 12. The van der Waals surface area contributed by atoms with E-state index >= 15 is 0 Å². The number of aromatic nitrogens is 3. The monoisotopic (exact) mass is 2000 g/mol. The molecule has 768 valence electrons. The Balaban J connectivity index is 0.000000160. The van der Waals surface area contributed by atoms with Crippen LogP contribution in [0, 0.1) is 0 Å². The molecule has 29 heteroatoms. The minimum atomic E-state index is -0.259. The first-order valence-corrected chi connectivity index (χ1v) is 50.9. The molecule has 0 unspecified atom stereocenters. The molecule has 149 heavy (non-hydrogen) atoms. The first-order chi connectivity index (χ1) is 72.6. The fraction of sp³-hybridized carbons (Fsp3) is 0.250. The predicted octanol–water partition coefficient (Wildman–Crippen LogP) is 23.4. The van der Waals surface area contributed by atoms with E-state index in [0.29, 0.717) is 98.5 Å². The van der Waals surface area contributed by atoms with Gasteiger partial charge in [0, 0.05) is 180 Å². The maximum atomic E-state index is 13.1. The molecule has 2 aliphatic rings. The van der Waals surface area contributed by atoms with Crippen LogP contribution in [0.1, 0.15) is 121 Å². The molecule has 0 bridgehead atoms. The molecule has 0 spiro atoms. The van der Waals surface area contributed by atoms with Gasteiger partial charge in [0.1, 0.15) is 34.5 Å². The van der Waals surface area contributed by atoms with Gasteiger partial charge in [-0.25, -0.2) is 14.4 Å². The molecule has 9 amide bonds. The van der Waals surface area contributed by atoms with E-state index in [2.05, 4.69) is 179 Å². The number of piperidine rings is 1. The molecule has 0 aliphatic carbocycles. The number of ether oxygens (including phenoxy) is 6. The summed E-state index contributed by atoms with van der Waals surface area (Å²) in [4.78, 5) is 80.0. The minimum Gasteiger partial charge on any atom is -0.493 e. The van der Waals surface area contributed by atoms with Gasteiger partial charge >= 0.3 is 18.1 Å². The highest BCUT2D eigenvalue weighted by atomic mass is 16.5. The highest BCUT2D eigenvalue weighted by Gasteiger charge is 2.21. The summed E-state index contributed by atoms with van der Waals surface area (Å²) < 4.78 is 41.0. The predicted molar refractivity (Wildman–Crippen MR) is 595 cm³/mol. The van der Waals surface area contributed by atoms with E-state index in [1.54, 1.807) is 141 Å². The van der Waals surface area contributed by atoms with Gasteiger partial charge in [-0.3, -0.25) is 19.3 Å². The molecule has 2 fully saturated rings. The SMILES string of the molecule is CC(C)NC(=O)Nc1ccc(Oc2ccc(NC(=O)c3ccc(-n4cc(CNCCN5CCCCC5)c5ccccc54)cc3)cc2)cc1.CC(C)NC(=O)Nc1ccc(Oc2ccc(NC(=O)c3ccc(-n4cc(CNCCN5CCOCC5)c5ccccc54)cc3)cc2)cc1.CCOc1ccc(CCNCc2cn(-c3ccc(C(=O)Nc4ccc(Oc5ccc(NC(=O)NC(C)C)cc5)cc4)cc3)c3ccccc23)cc1OC. The van der Waals surface area contributed by atoms with E-state index in [-0.39, 0.29) is 53.9 Å². The van der Waals surface area contributed by atoms with Gasteiger partial charge in [0.15, 0.2) is 11.5 Å². The van der Waals surface area contributed by atoms with Crippen molar-refractivity contribution in [3.63, 3.8) is 0 Å². The van der Waals surface area contributed by atoms with Crippen LogP contribution in [0.2, 0.25) is 0 Å². The summed E-state index contributed by atoms with van der Waals surface area (Å²) in [5, 5.41) is 40.1. The number of para-hydroxylation sites is 3. The third-order valence-corrected chi connectivity index (χ3v) is 25.1. The normalized spacial score (nSPS) is 12.5. The van der Waals surface area contributed by atoms with Crippen molar-refractivity contribution in [3.8, 4) is 63.1 Å². The Morgan fingerprint density at radius 1 is 0.329 bits per heavy atom. The highest BCUT2D eigenvalue weighted by Crippen LogP contribution is 2.35. The Kier molecular flexibility index (Phi) is 37.1. The lowest BCUT2D eigenvalue weighted by atomic mass is 10.1. The summed E-state index contributed by atoms with van der Waals surface area (Å²) in [5.41, 5.74) is 16.9. The zero-order valence-electron chi connectivity index (χ0n) is 85.5. The number of likely N-dealkylation sites (tertiary alicyclic amines) is 1. The molecule has 18 rings (SSSR count). The number of morpholine rings is 1. The summed E-state index contributed by atoms with van der Waals surface area (Å²) in [6, 6.07) is 96.6. The molecule has 5 heterocycles. The second kappa shape index (κ2) is 52.5. The number of nitrogens with zero attached hydrogens (tertiary/aromatic N) is 5. The maximum Gasteiger partial charge on any atom is 0.319 e. The molecule has 16 aromatic rings. The standard InChI is InChI=1S/C43H45N5O5.C39H44N6O3.C38H42N6O4/c1-5-52-40-23-10-30(26-41(40)51-4)24-25-44-27-32-28-48(39-9-7-6-8-38(32)39)35-17-11-31(12-18-35)42(49)46-33-13-19-36(20-14-33)53-37-21-15-34(16-22-37)47-43(50)45-29(2)3;1-28(2)41-39(47)43-32-14-20-35(21-15-32)48-34-18-12-31(13-19-34)42-38(46)29-10-16-33(17-11-29)45-27-30(36-8-4-5-9-37(36)45)26-40-22-25-44-23-6-3-7-24-44;1-27(2)40-38(46)42-31-11-17-34(18-12-31)48-33-15-9-30(10-16-33)41-37(45)28-7-13-32(14-8-28)44-26-29(35-5-3-4-6-36(35)44)25-39-19-20-43-21-23-47-24-22-43/h6-23,26,28-29,44H,5,24-25,27H2,1-4H3,(H,46,49)(H2,45,47,50);4-5,8-21,27-28,40H,3,6-7,22-26H2,1-2H3,(H,42,46)(H2,41,43,47);3-18,26-27,39H,19-25H2,1-2H3,(H,41,45)(H2,40,42,46). The molecular formula is C120H131N17O12. The van der Waals surface area contributed by atoms with E-state index < -0.39 is 0 Å². The quantitative estimate of drug-likeness (QED) is 0.0159. The fourth-order valence-electron chi connectivity index (χ4n) is 17.6. The zero-order chi connectivity index (χ0) is 104. The van der Waals surface area contributed by atoms with Crippen molar-refractivity contribution in [1.29, 1.82) is 0 Å². The average molecular weight is 2000 g/mol. The van der Waals surface area contributed by atoms with E-state index in [0.717, 1.165) is 124 Å². The maximum absolute atomic E-state index is 13.1. The largest absolute Gasteiger partial charge is 0.493 e. The van der Waals surface area contributed by atoms with Gasteiger partial charge in [0.2, 0.25) is 0 Å². The Bertz CT molecular complexity index is 6840. The minimum absolute atomic E-state index is 0.0455. The van der Waals surface area contributed by atoms with Crippen LogP contribution in [-0.4, -0.2) is 163 Å². The van der Waals surface area contributed by atoms with Crippen LogP contribution >= 0.6 is 0 Å². The van der Waals surface area contributed by atoms with Crippen LogP contribution in [0.25, 0.3) is 49.8 Å². The number of urea groups is 3. The summed E-state index contributed by atoms with van der Waals surface area (Å²) >= 11 is 0.